The van der Waals surface area contributed by atoms with E-state index in [9.17, 15) is 8.78 Å². The van der Waals surface area contributed by atoms with E-state index < -0.39 is 6.61 Å². The molecule has 4 rings (SSSR count). The Morgan fingerprint density at radius 3 is 2.50 bits per heavy atom. The average molecular weight is 488 g/mol. The normalized spacial score (nSPS) is 11.1. The Hall–Kier alpha value is -3.53. The number of nitrogens with one attached hydrogen (secondary N) is 1. The van der Waals surface area contributed by atoms with Crippen molar-refractivity contribution in [2.75, 3.05) is 14.2 Å². The van der Waals surface area contributed by atoms with E-state index in [-0.39, 0.29) is 11.5 Å². The monoisotopic (exact) mass is 487 g/mol. The van der Waals surface area contributed by atoms with Crippen molar-refractivity contribution in [3.63, 3.8) is 0 Å². The van der Waals surface area contributed by atoms with Crippen molar-refractivity contribution in [1.29, 1.82) is 0 Å². The maximum Gasteiger partial charge on any atom is 0.387 e. The average Bonchev–Trinajstić information content (AvgIpc) is 3.23. The van der Waals surface area contributed by atoms with Crippen LogP contribution in [0.25, 0.3) is 11.0 Å². The van der Waals surface area contributed by atoms with E-state index in [2.05, 4.69) is 19.7 Å². The number of alkyl halides is 2. The first-order valence-corrected chi connectivity index (χ1v) is 11.3. The third-order valence-corrected chi connectivity index (χ3v) is 5.97. The molecule has 0 saturated carbocycles. The van der Waals surface area contributed by atoms with Gasteiger partial charge in [-0.2, -0.15) is 8.78 Å². The molecular weight excluding hydrogens is 464 g/mol. The van der Waals surface area contributed by atoms with Crippen LogP contribution in [0.4, 0.5) is 8.78 Å². The Kier molecular flexibility index (Phi) is 7.36. The SMILES string of the molecule is COc1cc2[nH]c(SCc3ncc(OC)c(OCc4ccccc4)c3C)nc2cc1OC(F)F. The molecule has 0 aliphatic carbocycles. The first-order chi connectivity index (χ1) is 16.5. The molecule has 0 bridgehead atoms. The smallest absolute Gasteiger partial charge is 0.387 e. The maximum absolute atomic E-state index is 12.7. The van der Waals surface area contributed by atoms with Gasteiger partial charge in [0, 0.05) is 23.4 Å². The topological polar surface area (TPSA) is 78.5 Å². The molecule has 0 saturated heterocycles. The summed E-state index contributed by atoms with van der Waals surface area (Å²) in [6, 6.07) is 12.9. The van der Waals surface area contributed by atoms with Gasteiger partial charge in [0.25, 0.3) is 0 Å². The summed E-state index contributed by atoms with van der Waals surface area (Å²) < 4.78 is 46.6. The highest BCUT2D eigenvalue weighted by Gasteiger charge is 2.17. The summed E-state index contributed by atoms with van der Waals surface area (Å²) in [5.41, 5.74) is 3.86. The van der Waals surface area contributed by atoms with E-state index in [0.717, 1.165) is 16.8 Å². The summed E-state index contributed by atoms with van der Waals surface area (Å²) in [6.07, 6.45) is 1.64. The molecule has 34 heavy (non-hydrogen) atoms. The van der Waals surface area contributed by atoms with E-state index in [0.29, 0.717) is 40.0 Å². The van der Waals surface area contributed by atoms with Gasteiger partial charge < -0.3 is 23.9 Å². The fraction of sp³-hybridized carbons (Fsp3) is 0.250. The lowest BCUT2D eigenvalue weighted by Crippen LogP contribution is -2.03. The summed E-state index contributed by atoms with van der Waals surface area (Å²) in [5, 5.41) is 0.607. The lowest BCUT2D eigenvalue weighted by molar-refractivity contribution is -0.0511. The van der Waals surface area contributed by atoms with Crippen LogP contribution in [-0.4, -0.2) is 35.8 Å². The molecule has 0 spiro atoms. The number of pyridine rings is 1. The molecule has 178 valence electrons. The highest BCUT2D eigenvalue weighted by molar-refractivity contribution is 7.98. The first kappa shape index (κ1) is 23.6. The minimum atomic E-state index is -2.96. The molecule has 0 radical (unpaired) electrons. The molecule has 1 N–H and O–H groups in total. The number of halogens is 2. The highest BCUT2D eigenvalue weighted by atomic mass is 32.2. The number of ether oxygens (including phenoxy) is 4. The largest absolute Gasteiger partial charge is 0.493 e. The summed E-state index contributed by atoms with van der Waals surface area (Å²) in [7, 11) is 2.97. The molecule has 0 aliphatic heterocycles. The molecule has 0 fully saturated rings. The predicted molar refractivity (Wildman–Crippen MR) is 125 cm³/mol. The third-order valence-electron chi connectivity index (χ3n) is 5.09. The minimum Gasteiger partial charge on any atom is -0.493 e. The standard InChI is InChI=1S/C24H23F2N3O4S/c1-14-18(27-11-21(31-3)22(14)32-12-15-7-5-4-6-8-15)13-34-24-28-16-9-19(30-2)20(33-23(25)26)10-17(16)29-24/h4-11,23H,12-13H2,1-3H3,(H,28,29). The van der Waals surface area contributed by atoms with Crippen LogP contribution in [0, 0.1) is 6.92 Å². The van der Waals surface area contributed by atoms with Crippen molar-refractivity contribution >= 4 is 22.8 Å². The van der Waals surface area contributed by atoms with Crippen LogP contribution in [0.3, 0.4) is 0 Å². The van der Waals surface area contributed by atoms with Crippen molar-refractivity contribution in [3.05, 3.63) is 65.5 Å². The van der Waals surface area contributed by atoms with Gasteiger partial charge in [-0.1, -0.05) is 42.1 Å². The molecule has 2 aromatic carbocycles. The third kappa shape index (κ3) is 5.33. The Morgan fingerprint density at radius 2 is 1.79 bits per heavy atom. The molecule has 0 unspecified atom stereocenters. The predicted octanol–water partition coefficient (Wildman–Crippen LogP) is 5.76. The van der Waals surface area contributed by atoms with Gasteiger partial charge in [0.1, 0.15) is 6.61 Å². The van der Waals surface area contributed by atoms with Crippen molar-refractivity contribution in [2.45, 2.75) is 31.1 Å². The van der Waals surface area contributed by atoms with Gasteiger partial charge in [-0.25, -0.2) is 4.98 Å². The van der Waals surface area contributed by atoms with E-state index in [4.69, 9.17) is 14.2 Å². The molecule has 2 aromatic heterocycles. The number of aromatic amines is 1. The zero-order chi connectivity index (χ0) is 24.1. The number of imidazole rings is 1. The number of nitrogens with zero attached hydrogens (tertiary/aromatic N) is 2. The highest BCUT2D eigenvalue weighted by Crippen LogP contribution is 2.36. The Morgan fingerprint density at radius 1 is 1.03 bits per heavy atom. The molecule has 2 heterocycles. The van der Waals surface area contributed by atoms with Crippen LogP contribution in [0.5, 0.6) is 23.0 Å². The number of aromatic nitrogens is 3. The van der Waals surface area contributed by atoms with Gasteiger partial charge in [-0.05, 0) is 12.5 Å². The molecule has 0 aliphatic rings. The summed E-state index contributed by atoms with van der Waals surface area (Å²) in [4.78, 5) is 12.2. The fourth-order valence-corrected chi connectivity index (χ4v) is 4.26. The van der Waals surface area contributed by atoms with E-state index >= 15 is 0 Å². The second-order valence-electron chi connectivity index (χ2n) is 7.23. The summed E-state index contributed by atoms with van der Waals surface area (Å²) >= 11 is 1.43. The lowest BCUT2D eigenvalue weighted by Gasteiger charge is -2.15. The van der Waals surface area contributed by atoms with Gasteiger partial charge >= 0.3 is 6.61 Å². The van der Waals surface area contributed by atoms with E-state index in [1.807, 2.05) is 37.3 Å². The van der Waals surface area contributed by atoms with E-state index in [1.165, 1.54) is 24.9 Å². The lowest BCUT2D eigenvalue weighted by atomic mass is 10.2. The molecular formula is C24H23F2N3O4S. The number of rotatable bonds is 10. The summed E-state index contributed by atoms with van der Waals surface area (Å²) in [6.45, 7) is -0.617. The van der Waals surface area contributed by atoms with Gasteiger partial charge in [0.2, 0.25) is 0 Å². The fourth-order valence-electron chi connectivity index (χ4n) is 3.35. The minimum absolute atomic E-state index is 0.0686. The number of thioether (sulfide) groups is 1. The van der Waals surface area contributed by atoms with Crippen LogP contribution in [0.15, 0.2) is 53.8 Å². The van der Waals surface area contributed by atoms with Crippen LogP contribution in [0.2, 0.25) is 0 Å². The quantitative estimate of drug-likeness (QED) is 0.285. The first-order valence-electron chi connectivity index (χ1n) is 10.3. The zero-order valence-electron chi connectivity index (χ0n) is 18.8. The number of H-pyrrole nitrogens is 1. The van der Waals surface area contributed by atoms with Crippen molar-refractivity contribution in [1.82, 2.24) is 15.0 Å². The van der Waals surface area contributed by atoms with Gasteiger partial charge in [0.15, 0.2) is 28.2 Å². The number of hydrogen-bond acceptors (Lipinski definition) is 7. The van der Waals surface area contributed by atoms with Crippen molar-refractivity contribution in [2.24, 2.45) is 0 Å². The van der Waals surface area contributed by atoms with Gasteiger partial charge in [0.05, 0.1) is 37.1 Å². The Bertz CT molecular complexity index is 1270. The zero-order valence-corrected chi connectivity index (χ0v) is 19.6. The van der Waals surface area contributed by atoms with Gasteiger partial charge in [-0.15, -0.1) is 0 Å². The summed E-state index contributed by atoms with van der Waals surface area (Å²) in [5.74, 6) is 1.83. The number of benzene rings is 2. The van der Waals surface area contributed by atoms with Crippen LogP contribution >= 0.6 is 11.8 Å². The number of methoxy groups -OCH3 is 2. The van der Waals surface area contributed by atoms with E-state index in [1.54, 1.807) is 19.4 Å². The molecule has 0 atom stereocenters. The Balaban J connectivity index is 1.52. The number of hydrogen-bond donors (Lipinski definition) is 1. The number of fused-ring (bicyclic) bond motifs is 1. The maximum atomic E-state index is 12.7. The van der Waals surface area contributed by atoms with Crippen LogP contribution in [0.1, 0.15) is 16.8 Å². The molecule has 0 amide bonds. The molecule has 4 aromatic rings. The Labute approximate surface area is 199 Å². The van der Waals surface area contributed by atoms with Gasteiger partial charge in [-0.3, -0.25) is 4.98 Å². The van der Waals surface area contributed by atoms with Crippen LogP contribution in [-0.2, 0) is 12.4 Å². The molecule has 10 heteroatoms. The van der Waals surface area contributed by atoms with Crippen molar-refractivity contribution in [3.8, 4) is 23.0 Å². The second-order valence-corrected chi connectivity index (χ2v) is 8.20. The molecule has 7 nitrogen and oxygen atoms in total. The van der Waals surface area contributed by atoms with Crippen molar-refractivity contribution < 1.29 is 27.7 Å². The second kappa shape index (κ2) is 10.6. The van der Waals surface area contributed by atoms with Crippen LogP contribution < -0.4 is 18.9 Å².